The molecule has 128 valence electrons. The molecule has 0 unspecified atom stereocenters. The first kappa shape index (κ1) is 14.8. The van der Waals surface area contributed by atoms with Gasteiger partial charge in [0.1, 0.15) is 0 Å². The minimum Gasteiger partial charge on any atom is -0.376 e. The maximum Gasteiger partial charge on any atom is 0.245 e. The minimum absolute atomic E-state index is 0.153. The van der Waals surface area contributed by atoms with Gasteiger partial charge in [-0.05, 0) is 30.3 Å². The topological polar surface area (TPSA) is 111 Å². The Morgan fingerprint density at radius 2 is 1.92 bits per heavy atom. The van der Waals surface area contributed by atoms with Crippen molar-refractivity contribution >= 4 is 60.1 Å². The monoisotopic (exact) mass is 363 g/mol. The van der Waals surface area contributed by atoms with Gasteiger partial charge in [0.25, 0.3) is 0 Å². The van der Waals surface area contributed by atoms with E-state index in [1.807, 2.05) is 30.3 Å². The second-order valence-corrected chi connectivity index (χ2v) is 6.84. The maximum absolute atomic E-state index is 12.2. The minimum atomic E-state index is -0.153. The van der Waals surface area contributed by atoms with Crippen LogP contribution in [0.1, 0.15) is 0 Å². The van der Waals surface area contributed by atoms with Gasteiger partial charge < -0.3 is 10.6 Å². The number of nitrogens with one attached hydrogen (secondary N) is 4. The van der Waals surface area contributed by atoms with Crippen molar-refractivity contribution in [3.05, 3.63) is 42.7 Å². The fourth-order valence-electron chi connectivity index (χ4n) is 2.86. The highest BCUT2D eigenvalue weighted by Gasteiger charge is 2.11. The Balaban J connectivity index is 1.31. The smallest absolute Gasteiger partial charge is 0.245 e. The van der Waals surface area contributed by atoms with Crippen LogP contribution in [0.4, 0.5) is 10.8 Å². The van der Waals surface area contributed by atoms with Crippen LogP contribution >= 0.6 is 11.3 Å². The summed E-state index contributed by atoms with van der Waals surface area (Å²) in [5, 5.41) is 22.4. The van der Waals surface area contributed by atoms with Crippen LogP contribution in [0.3, 0.4) is 0 Å². The molecule has 0 saturated carbocycles. The molecule has 4 N–H and O–H groups in total. The average Bonchev–Trinajstić information content (AvgIpc) is 3.36. The van der Waals surface area contributed by atoms with E-state index in [1.165, 1.54) is 11.3 Å². The lowest BCUT2D eigenvalue weighted by Crippen LogP contribution is -2.21. The van der Waals surface area contributed by atoms with Crippen LogP contribution in [0.2, 0.25) is 0 Å². The molecule has 9 heteroatoms. The largest absolute Gasteiger partial charge is 0.376 e. The number of hydrogen-bond acceptors (Lipinski definition) is 6. The number of H-pyrrole nitrogens is 2. The van der Waals surface area contributed by atoms with Crippen LogP contribution in [0.25, 0.3) is 32.0 Å². The Labute approximate surface area is 150 Å². The standard InChI is InChI=1S/C17H13N7OS/c25-15(8-18-10-1-2-12-9(5-10)6-19-23-12)22-17-21-14-4-3-13-11(7-20-24-13)16(14)26-17/h1-7,18H,8H2,(H,19,23)(H,20,24)(H,21,22,25). The molecule has 3 heterocycles. The van der Waals surface area contributed by atoms with Crippen LogP contribution in [0, 0.1) is 0 Å². The van der Waals surface area contributed by atoms with Crippen molar-refractivity contribution < 1.29 is 4.79 Å². The molecule has 0 aliphatic rings. The number of nitrogens with zero attached hydrogens (tertiary/aromatic N) is 3. The van der Waals surface area contributed by atoms with Gasteiger partial charge in [-0.3, -0.25) is 15.0 Å². The first-order valence-electron chi connectivity index (χ1n) is 7.96. The summed E-state index contributed by atoms with van der Waals surface area (Å²) in [6, 6.07) is 9.62. The molecule has 0 aliphatic carbocycles. The summed E-state index contributed by atoms with van der Waals surface area (Å²) >= 11 is 1.44. The van der Waals surface area contributed by atoms with Crippen LogP contribution in [0.15, 0.2) is 42.7 Å². The van der Waals surface area contributed by atoms with E-state index in [0.29, 0.717) is 5.13 Å². The zero-order valence-corrected chi connectivity index (χ0v) is 14.2. The molecule has 0 fully saturated rings. The lowest BCUT2D eigenvalue weighted by Gasteiger charge is -2.06. The third kappa shape index (κ3) is 2.54. The summed E-state index contributed by atoms with van der Waals surface area (Å²) in [7, 11) is 0. The van der Waals surface area contributed by atoms with E-state index in [0.717, 1.165) is 37.7 Å². The fourth-order valence-corrected chi connectivity index (χ4v) is 3.85. The number of thiazole rings is 1. The van der Waals surface area contributed by atoms with Gasteiger partial charge in [-0.25, -0.2) is 4.98 Å². The Kier molecular flexibility index (Phi) is 3.32. The Hall–Kier alpha value is -3.46. The van der Waals surface area contributed by atoms with Gasteiger partial charge in [-0.2, -0.15) is 10.2 Å². The molecule has 2 aromatic carbocycles. The number of carbonyl (C=O) groups is 1. The zero-order chi connectivity index (χ0) is 17.5. The second kappa shape index (κ2) is 5.81. The van der Waals surface area contributed by atoms with Crippen LogP contribution < -0.4 is 10.6 Å². The normalized spacial score (nSPS) is 11.4. The first-order valence-corrected chi connectivity index (χ1v) is 8.77. The molecule has 0 atom stereocenters. The van der Waals surface area contributed by atoms with E-state index < -0.39 is 0 Å². The van der Waals surface area contributed by atoms with E-state index in [2.05, 4.69) is 36.0 Å². The SMILES string of the molecule is O=C(CNc1ccc2[nH]ncc2c1)Nc1nc2ccc3[nH]ncc3c2s1. The van der Waals surface area contributed by atoms with Gasteiger partial charge in [-0.1, -0.05) is 11.3 Å². The summed E-state index contributed by atoms with van der Waals surface area (Å²) in [4.78, 5) is 16.7. The number of aromatic nitrogens is 5. The molecule has 26 heavy (non-hydrogen) atoms. The van der Waals surface area contributed by atoms with Crippen molar-refractivity contribution in [2.75, 3.05) is 17.2 Å². The van der Waals surface area contributed by atoms with Gasteiger partial charge >= 0.3 is 0 Å². The lowest BCUT2D eigenvalue weighted by atomic mass is 10.2. The molecule has 5 rings (SSSR count). The molecule has 5 aromatic rings. The Morgan fingerprint density at radius 1 is 1.08 bits per heavy atom. The molecular weight excluding hydrogens is 350 g/mol. The molecule has 3 aromatic heterocycles. The third-order valence-electron chi connectivity index (χ3n) is 4.11. The van der Waals surface area contributed by atoms with Gasteiger partial charge in [0.2, 0.25) is 5.91 Å². The van der Waals surface area contributed by atoms with Gasteiger partial charge in [-0.15, -0.1) is 0 Å². The molecular formula is C17H13N7OS. The van der Waals surface area contributed by atoms with E-state index in [9.17, 15) is 4.79 Å². The van der Waals surface area contributed by atoms with Crippen molar-refractivity contribution in [3.8, 4) is 0 Å². The van der Waals surface area contributed by atoms with Crippen LogP contribution in [-0.4, -0.2) is 37.8 Å². The number of fused-ring (bicyclic) bond motifs is 4. The summed E-state index contributed by atoms with van der Waals surface area (Å²) in [5.74, 6) is -0.153. The summed E-state index contributed by atoms with van der Waals surface area (Å²) in [5.41, 5.74) is 3.62. The molecule has 8 nitrogen and oxygen atoms in total. The van der Waals surface area contributed by atoms with E-state index in [4.69, 9.17) is 0 Å². The lowest BCUT2D eigenvalue weighted by molar-refractivity contribution is -0.114. The Morgan fingerprint density at radius 3 is 2.88 bits per heavy atom. The number of amides is 1. The molecule has 0 radical (unpaired) electrons. The first-order chi connectivity index (χ1) is 12.8. The van der Waals surface area contributed by atoms with Crippen molar-refractivity contribution in [2.45, 2.75) is 0 Å². The number of hydrogen-bond donors (Lipinski definition) is 4. The van der Waals surface area contributed by atoms with Gasteiger partial charge in [0, 0.05) is 16.5 Å². The quantitative estimate of drug-likeness (QED) is 0.392. The van der Waals surface area contributed by atoms with E-state index >= 15 is 0 Å². The van der Waals surface area contributed by atoms with Crippen LogP contribution in [-0.2, 0) is 4.79 Å². The van der Waals surface area contributed by atoms with Gasteiger partial charge in [0.05, 0.1) is 40.2 Å². The highest BCUT2D eigenvalue weighted by atomic mass is 32.1. The molecule has 0 spiro atoms. The number of anilines is 2. The van der Waals surface area contributed by atoms with E-state index in [-0.39, 0.29) is 12.5 Å². The molecule has 0 bridgehead atoms. The van der Waals surface area contributed by atoms with Gasteiger partial charge in [0.15, 0.2) is 5.13 Å². The summed E-state index contributed by atoms with van der Waals surface area (Å²) in [6.07, 6.45) is 3.52. The predicted molar refractivity (Wildman–Crippen MR) is 102 cm³/mol. The number of aromatic amines is 2. The number of benzene rings is 2. The molecule has 1 amide bonds. The van der Waals surface area contributed by atoms with Crippen LogP contribution in [0.5, 0.6) is 0 Å². The average molecular weight is 363 g/mol. The number of carbonyl (C=O) groups excluding carboxylic acids is 1. The maximum atomic E-state index is 12.2. The second-order valence-electron chi connectivity index (χ2n) is 5.84. The summed E-state index contributed by atoms with van der Waals surface area (Å²) < 4.78 is 1.00. The highest BCUT2D eigenvalue weighted by molar-refractivity contribution is 7.23. The predicted octanol–water partition coefficient (Wildman–Crippen LogP) is 3.10. The van der Waals surface area contributed by atoms with E-state index in [1.54, 1.807) is 12.4 Å². The highest BCUT2D eigenvalue weighted by Crippen LogP contribution is 2.31. The number of rotatable bonds is 4. The Bertz CT molecular complexity index is 1250. The fraction of sp³-hybridized carbons (Fsp3) is 0.0588. The third-order valence-corrected chi connectivity index (χ3v) is 5.13. The molecule has 0 aliphatic heterocycles. The van der Waals surface area contributed by atoms with Crippen molar-refractivity contribution in [1.82, 2.24) is 25.4 Å². The zero-order valence-electron chi connectivity index (χ0n) is 13.4. The van der Waals surface area contributed by atoms with Crippen molar-refractivity contribution in [2.24, 2.45) is 0 Å². The van der Waals surface area contributed by atoms with Crippen molar-refractivity contribution in [3.63, 3.8) is 0 Å². The molecule has 0 saturated heterocycles. The van der Waals surface area contributed by atoms with Crippen molar-refractivity contribution in [1.29, 1.82) is 0 Å². The summed E-state index contributed by atoms with van der Waals surface area (Å²) in [6.45, 7) is 0.153.